The van der Waals surface area contributed by atoms with E-state index in [1.54, 1.807) is 6.92 Å². The van der Waals surface area contributed by atoms with Crippen LogP contribution in [0.15, 0.2) is 12.1 Å². The molecule has 1 heterocycles. The van der Waals surface area contributed by atoms with Crippen LogP contribution in [0, 0.1) is 5.82 Å². The minimum absolute atomic E-state index is 0.000658. The summed E-state index contributed by atoms with van der Waals surface area (Å²) in [6.07, 6.45) is 0.468. The highest BCUT2D eigenvalue weighted by atomic mass is 35.5. The monoisotopic (exact) mass is 333 g/mol. The van der Waals surface area contributed by atoms with Crippen molar-refractivity contribution < 1.29 is 22.4 Å². The molecule has 1 amide bonds. The number of carbonyl (C=O) groups is 2. The zero-order chi connectivity index (χ0) is 15.8. The number of carbonyl (C=O) groups excluding carboxylic acids is 2. The van der Waals surface area contributed by atoms with Gasteiger partial charge in [0, 0.05) is 12.3 Å². The van der Waals surface area contributed by atoms with Gasteiger partial charge in [0.05, 0.1) is 22.0 Å². The van der Waals surface area contributed by atoms with Gasteiger partial charge in [0.15, 0.2) is 9.84 Å². The van der Waals surface area contributed by atoms with Gasteiger partial charge in [0.1, 0.15) is 5.82 Å². The van der Waals surface area contributed by atoms with Crippen LogP contribution >= 0.6 is 11.6 Å². The van der Waals surface area contributed by atoms with Gasteiger partial charge >= 0.3 is 0 Å². The van der Waals surface area contributed by atoms with Gasteiger partial charge in [-0.15, -0.1) is 0 Å². The summed E-state index contributed by atoms with van der Waals surface area (Å²) >= 11 is 5.59. The molecule has 0 fully saturated rings. The third-order valence-electron chi connectivity index (χ3n) is 3.15. The molecule has 114 valence electrons. The van der Waals surface area contributed by atoms with Crippen molar-refractivity contribution in [2.75, 3.05) is 23.0 Å². The van der Waals surface area contributed by atoms with Crippen LogP contribution in [0.1, 0.15) is 23.7 Å². The molecule has 0 atom stereocenters. The number of ketones is 1. The molecular weight excluding hydrogens is 321 g/mol. The molecule has 0 bridgehead atoms. The highest BCUT2D eigenvalue weighted by Gasteiger charge is 2.37. The third kappa shape index (κ3) is 3.08. The number of halogens is 2. The summed E-state index contributed by atoms with van der Waals surface area (Å²) in [6, 6.07) is 2.07. The van der Waals surface area contributed by atoms with E-state index in [-0.39, 0.29) is 34.3 Å². The lowest BCUT2D eigenvalue weighted by atomic mass is 10.1. The SMILES string of the molecule is CCCS(=O)(=O)CCN1C(=O)C(=O)c2cc(Cl)c(F)cc21. The first-order valence-electron chi connectivity index (χ1n) is 6.32. The second kappa shape index (κ2) is 5.73. The molecule has 1 aliphatic rings. The summed E-state index contributed by atoms with van der Waals surface area (Å²) in [5, 5.41) is -0.254. The van der Waals surface area contributed by atoms with Crippen molar-refractivity contribution in [3.05, 3.63) is 28.5 Å². The van der Waals surface area contributed by atoms with Crippen LogP contribution in [0.4, 0.5) is 10.1 Å². The molecule has 21 heavy (non-hydrogen) atoms. The Labute approximate surface area is 126 Å². The lowest BCUT2D eigenvalue weighted by molar-refractivity contribution is -0.114. The predicted molar refractivity (Wildman–Crippen MR) is 77.0 cm³/mol. The summed E-state index contributed by atoms with van der Waals surface area (Å²) in [5.41, 5.74) is 0.0675. The van der Waals surface area contributed by atoms with E-state index in [0.717, 1.165) is 17.0 Å². The maximum absolute atomic E-state index is 13.5. The normalized spacial score (nSPS) is 14.7. The summed E-state index contributed by atoms with van der Waals surface area (Å²) in [4.78, 5) is 24.7. The van der Waals surface area contributed by atoms with Gasteiger partial charge < -0.3 is 4.90 Å². The first-order chi connectivity index (χ1) is 9.76. The van der Waals surface area contributed by atoms with E-state index in [4.69, 9.17) is 11.6 Å². The number of benzene rings is 1. The summed E-state index contributed by atoms with van der Waals surface area (Å²) < 4.78 is 36.9. The molecule has 0 spiro atoms. The maximum Gasteiger partial charge on any atom is 0.299 e. The van der Waals surface area contributed by atoms with Crippen LogP contribution in [-0.4, -0.2) is 38.2 Å². The lowest BCUT2D eigenvalue weighted by Gasteiger charge is -2.16. The van der Waals surface area contributed by atoms with Gasteiger partial charge in [-0.2, -0.15) is 0 Å². The van der Waals surface area contributed by atoms with Crippen LogP contribution < -0.4 is 4.90 Å². The number of nitrogens with zero attached hydrogens (tertiary/aromatic N) is 1. The quantitative estimate of drug-likeness (QED) is 0.771. The van der Waals surface area contributed by atoms with Crippen LogP contribution in [0.3, 0.4) is 0 Å². The molecule has 8 heteroatoms. The minimum Gasteiger partial charge on any atom is -0.304 e. The Balaban J connectivity index is 2.29. The summed E-state index contributed by atoms with van der Waals surface area (Å²) in [7, 11) is -3.31. The topological polar surface area (TPSA) is 71.5 Å². The fourth-order valence-corrected chi connectivity index (χ4v) is 3.60. The standard InChI is InChI=1S/C13H13ClFNO4S/c1-2-4-21(19,20)5-3-16-11-7-10(15)9(14)6-8(11)12(17)13(16)18/h6-7H,2-5H2,1H3. The van der Waals surface area contributed by atoms with E-state index in [1.807, 2.05) is 0 Å². The predicted octanol–water partition coefficient (Wildman–Crippen LogP) is 1.83. The molecule has 0 saturated carbocycles. The lowest BCUT2D eigenvalue weighted by Crippen LogP contribution is -2.34. The molecule has 0 radical (unpaired) electrons. The smallest absolute Gasteiger partial charge is 0.299 e. The molecule has 0 aromatic heterocycles. The number of amides is 1. The largest absolute Gasteiger partial charge is 0.304 e. The molecule has 0 unspecified atom stereocenters. The van der Waals surface area contributed by atoms with E-state index in [1.165, 1.54) is 0 Å². The number of sulfone groups is 1. The second-order valence-corrected chi connectivity index (χ2v) is 7.43. The number of fused-ring (bicyclic) bond motifs is 1. The van der Waals surface area contributed by atoms with Gasteiger partial charge in [-0.25, -0.2) is 12.8 Å². The number of anilines is 1. The summed E-state index contributed by atoms with van der Waals surface area (Å²) in [6.45, 7) is 1.55. The van der Waals surface area contributed by atoms with Crippen molar-refractivity contribution in [1.82, 2.24) is 0 Å². The van der Waals surface area contributed by atoms with E-state index in [0.29, 0.717) is 6.42 Å². The first kappa shape index (κ1) is 15.9. The Hall–Kier alpha value is -1.47. The number of hydrogen-bond acceptors (Lipinski definition) is 4. The van der Waals surface area contributed by atoms with Gasteiger partial charge in [-0.05, 0) is 18.6 Å². The van der Waals surface area contributed by atoms with Crippen LogP contribution in [0.25, 0.3) is 0 Å². The van der Waals surface area contributed by atoms with Crippen molar-refractivity contribution in [1.29, 1.82) is 0 Å². The van der Waals surface area contributed by atoms with Crippen molar-refractivity contribution in [2.24, 2.45) is 0 Å². The highest BCUT2D eigenvalue weighted by Crippen LogP contribution is 2.33. The van der Waals surface area contributed by atoms with Gasteiger partial charge in [-0.1, -0.05) is 18.5 Å². The zero-order valence-corrected chi connectivity index (χ0v) is 12.8. The van der Waals surface area contributed by atoms with Crippen molar-refractivity contribution in [3.63, 3.8) is 0 Å². The Morgan fingerprint density at radius 2 is 1.90 bits per heavy atom. The van der Waals surface area contributed by atoms with E-state index in [2.05, 4.69) is 0 Å². The Kier molecular flexibility index (Phi) is 4.34. The van der Waals surface area contributed by atoms with Crippen molar-refractivity contribution in [2.45, 2.75) is 13.3 Å². The minimum atomic E-state index is -3.31. The molecule has 0 aliphatic carbocycles. The Bertz CT molecular complexity index is 717. The molecule has 1 aromatic rings. The van der Waals surface area contributed by atoms with Crippen molar-refractivity contribution in [3.8, 4) is 0 Å². The highest BCUT2D eigenvalue weighted by molar-refractivity contribution is 7.91. The molecular formula is C13H13ClFNO4S. The number of rotatable bonds is 5. The van der Waals surface area contributed by atoms with Gasteiger partial charge in [-0.3, -0.25) is 9.59 Å². The fraction of sp³-hybridized carbons (Fsp3) is 0.385. The van der Waals surface area contributed by atoms with Crippen LogP contribution in [0.2, 0.25) is 5.02 Å². The van der Waals surface area contributed by atoms with Crippen LogP contribution in [0.5, 0.6) is 0 Å². The van der Waals surface area contributed by atoms with Crippen molar-refractivity contribution >= 4 is 38.8 Å². The van der Waals surface area contributed by atoms with Crippen LogP contribution in [-0.2, 0) is 14.6 Å². The number of hydrogen-bond donors (Lipinski definition) is 0. The average molecular weight is 334 g/mol. The third-order valence-corrected chi connectivity index (χ3v) is 5.28. The molecule has 0 saturated heterocycles. The van der Waals surface area contributed by atoms with E-state index < -0.39 is 27.3 Å². The zero-order valence-electron chi connectivity index (χ0n) is 11.2. The molecule has 5 nitrogen and oxygen atoms in total. The Morgan fingerprint density at radius 1 is 1.24 bits per heavy atom. The molecule has 1 aliphatic heterocycles. The van der Waals surface area contributed by atoms with Gasteiger partial charge in [0.25, 0.3) is 11.7 Å². The molecule has 1 aromatic carbocycles. The summed E-state index contributed by atoms with van der Waals surface area (Å²) in [5.74, 6) is -2.70. The second-order valence-electron chi connectivity index (χ2n) is 4.72. The van der Waals surface area contributed by atoms with E-state index in [9.17, 15) is 22.4 Å². The molecule has 2 rings (SSSR count). The fourth-order valence-electron chi connectivity index (χ4n) is 2.15. The van der Waals surface area contributed by atoms with Gasteiger partial charge in [0.2, 0.25) is 0 Å². The van der Waals surface area contributed by atoms with E-state index >= 15 is 0 Å². The number of Topliss-reactive ketones (excluding diaryl/α,β-unsaturated/α-hetero) is 1. The Morgan fingerprint density at radius 3 is 2.52 bits per heavy atom. The maximum atomic E-state index is 13.5. The first-order valence-corrected chi connectivity index (χ1v) is 8.52. The molecule has 0 N–H and O–H groups in total. The average Bonchev–Trinajstić information content (AvgIpc) is 2.61.